The second-order valence-electron chi connectivity index (χ2n) is 5.07. The van der Waals surface area contributed by atoms with Gasteiger partial charge in [0.15, 0.2) is 17.3 Å². The number of ether oxygens (including phenoxy) is 1. The highest BCUT2D eigenvalue weighted by Crippen LogP contribution is 2.52. The fraction of sp³-hybridized carbons (Fsp3) is 0.250. The van der Waals surface area contributed by atoms with Crippen molar-refractivity contribution in [3.63, 3.8) is 0 Å². The third-order valence-corrected chi connectivity index (χ3v) is 7.04. The Morgan fingerprint density at radius 3 is 2.57 bits per heavy atom. The first-order valence-corrected chi connectivity index (χ1v) is 9.39. The molecule has 0 saturated carbocycles. The standard InChI is InChI=1S/C16H14ClF2NOS2/c1-8-12(20)7-10(16-22-4-5-23-16)15(14(8)17)21-13-3-2-9(18)6-11(13)19/h2-3,6-7,16H,4-5,20H2,1H3. The molecule has 7 heteroatoms. The number of nitrogen functional groups attached to an aromatic ring is 1. The van der Waals surface area contributed by atoms with E-state index in [9.17, 15) is 8.78 Å². The third kappa shape index (κ3) is 3.39. The second kappa shape index (κ2) is 6.79. The van der Waals surface area contributed by atoms with Gasteiger partial charge in [-0.2, -0.15) is 0 Å². The molecule has 0 amide bonds. The molecule has 3 rings (SSSR count). The molecule has 0 atom stereocenters. The number of halogens is 3. The van der Waals surface area contributed by atoms with Crippen LogP contribution >= 0.6 is 35.1 Å². The van der Waals surface area contributed by atoms with Gasteiger partial charge in [-0.25, -0.2) is 8.78 Å². The molecule has 1 aliphatic heterocycles. The lowest BCUT2D eigenvalue weighted by molar-refractivity contribution is 0.435. The number of hydrogen-bond acceptors (Lipinski definition) is 4. The van der Waals surface area contributed by atoms with Crippen LogP contribution in [0.3, 0.4) is 0 Å². The van der Waals surface area contributed by atoms with Gasteiger partial charge in [-0.1, -0.05) is 11.6 Å². The summed E-state index contributed by atoms with van der Waals surface area (Å²) in [7, 11) is 0. The van der Waals surface area contributed by atoms with E-state index in [0.29, 0.717) is 22.0 Å². The highest BCUT2D eigenvalue weighted by Gasteiger charge is 2.26. The summed E-state index contributed by atoms with van der Waals surface area (Å²) < 4.78 is 32.8. The zero-order chi connectivity index (χ0) is 16.6. The van der Waals surface area contributed by atoms with Gasteiger partial charge in [0.05, 0.1) is 9.60 Å². The molecule has 2 nitrogen and oxygen atoms in total. The number of rotatable bonds is 3. The highest BCUT2D eigenvalue weighted by molar-refractivity contribution is 8.19. The molecule has 1 aliphatic rings. The van der Waals surface area contributed by atoms with Crippen molar-refractivity contribution in [2.24, 2.45) is 0 Å². The molecule has 2 aromatic carbocycles. The number of benzene rings is 2. The SMILES string of the molecule is Cc1c(N)cc(C2SCCS2)c(Oc2ccc(F)cc2F)c1Cl. The van der Waals surface area contributed by atoms with Crippen LogP contribution in [0, 0.1) is 18.6 Å². The molecule has 122 valence electrons. The van der Waals surface area contributed by atoms with E-state index in [2.05, 4.69) is 0 Å². The third-order valence-electron chi connectivity index (χ3n) is 3.52. The van der Waals surface area contributed by atoms with Crippen molar-refractivity contribution < 1.29 is 13.5 Å². The molecule has 2 aromatic rings. The maximum atomic E-state index is 13.9. The number of hydrogen-bond donors (Lipinski definition) is 1. The normalized spacial score (nSPS) is 15.1. The minimum absolute atomic E-state index is 0.0632. The van der Waals surface area contributed by atoms with E-state index in [0.717, 1.165) is 29.2 Å². The summed E-state index contributed by atoms with van der Waals surface area (Å²) in [6.45, 7) is 1.78. The van der Waals surface area contributed by atoms with Gasteiger partial charge in [-0.3, -0.25) is 0 Å². The minimum Gasteiger partial charge on any atom is -0.452 e. The number of thioether (sulfide) groups is 2. The van der Waals surface area contributed by atoms with Crippen LogP contribution in [-0.4, -0.2) is 11.5 Å². The lowest BCUT2D eigenvalue weighted by atomic mass is 10.1. The van der Waals surface area contributed by atoms with Gasteiger partial charge in [0.1, 0.15) is 5.82 Å². The second-order valence-corrected chi connectivity index (χ2v) is 8.18. The smallest absolute Gasteiger partial charge is 0.168 e. The Labute approximate surface area is 146 Å². The monoisotopic (exact) mass is 373 g/mol. The van der Waals surface area contributed by atoms with Gasteiger partial charge in [-0.05, 0) is 30.7 Å². The quantitative estimate of drug-likeness (QED) is 0.691. The van der Waals surface area contributed by atoms with E-state index in [4.69, 9.17) is 22.1 Å². The minimum atomic E-state index is -0.770. The predicted molar refractivity (Wildman–Crippen MR) is 94.7 cm³/mol. The summed E-state index contributed by atoms with van der Waals surface area (Å²) in [5, 5.41) is 0.358. The number of nitrogens with two attached hydrogens (primary N) is 1. The molecule has 2 N–H and O–H groups in total. The molecule has 1 fully saturated rings. The molecule has 0 radical (unpaired) electrons. The maximum Gasteiger partial charge on any atom is 0.168 e. The first-order valence-electron chi connectivity index (χ1n) is 6.92. The Morgan fingerprint density at radius 2 is 1.91 bits per heavy atom. The van der Waals surface area contributed by atoms with Crippen molar-refractivity contribution in [3.05, 3.63) is 52.0 Å². The summed E-state index contributed by atoms with van der Waals surface area (Å²) >= 11 is 9.93. The van der Waals surface area contributed by atoms with Gasteiger partial charge >= 0.3 is 0 Å². The van der Waals surface area contributed by atoms with Gasteiger partial charge in [-0.15, -0.1) is 23.5 Å². The molecule has 1 heterocycles. The van der Waals surface area contributed by atoms with Gasteiger partial charge in [0, 0.05) is 28.8 Å². The number of anilines is 1. The fourth-order valence-corrected chi connectivity index (χ4v) is 5.38. The van der Waals surface area contributed by atoms with Gasteiger partial charge in [0.2, 0.25) is 0 Å². The van der Waals surface area contributed by atoms with E-state index in [-0.39, 0.29) is 10.3 Å². The Morgan fingerprint density at radius 1 is 1.22 bits per heavy atom. The van der Waals surface area contributed by atoms with Crippen LogP contribution in [-0.2, 0) is 0 Å². The van der Waals surface area contributed by atoms with Gasteiger partial charge < -0.3 is 10.5 Å². The van der Waals surface area contributed by atoms with Crippen LogP contribution in [0.25, 0.3) is 0 Å². The maximum absolute atomic E-state index is 13.9. The van der Waals surface area contributed by atoms with Crippen molar-refractivity contribution in [2.75, 3.05) is 17.2 Å². The summed E-state index contributed by atoms with van der Waals surface area (Å²) in [6, 6.07) is 5.01. The molecule has 0 spiro atoms. The van der Waals surface area contributed by atoms with Crippen LogP contribution in [0.1, 0.15) is 15.7 Å². The Kier molecular flexibility index (Phi) is 4.94. The Balaban J connectivity index is 2.07. The van der Waals surface area contributed by atoms with Crippen molar-refractivity contribution in [3.8, 4) is 11.5 Å². The molecule has 0 aliphatic carbocycles. The van der Waals surface area contributed by atoms with E-state index < -0.39 is 11.6 Å². The average Bonchev–Trinajstić information content (AvgIpc) is 3.04. The molecule has 0 aromatic heterocycles. The van der Waals surface area contributed by atoms with E-state index in [1.54, 1.807) is 30.4 Å². The highest BCUT2D eigenvalue weighted by atomic mass is 35.5. The van der Waals surface area contributed by atoms with E-state index >= 15 is 0 Å². The Hall–Kier alpha value is -1.11. The summed E-state index contributed by atoms with van der Waals surface area (Å²) in [5.74, 6) is 0.933. The van der Waals surface area contributed by atoms with Crippen LogP contribution < -0.4 is 10.5 Å². The first kappa shape index (κ1) is 16.7. The zero-order valence-electron chi connectivity index (χ0n) is 12.2. The van der Waals surface area contributed by atoms with E-state index in [1.807, 2.05) is 6.07 Å². The molecular weight excluding hydrogens is 360 g/mol. The molecule has 1 saturated heterocycles. The van der Waals surface area contributed by atoms with E-state index in [1.165, 1.54) is 6.07 Å². The van der Waals surface area contributed by atoms with Crippen LogP contribution in [0.4, 0.5) is 14.5 Å². The molecule has 0 unspecified atom stereocenters. The summed E-state index contributed by atoms with van der Waals surface area (Å²) in [6.07, 6.45) is 0. The van der Waals surface area contributed by atoms with Crippen LogP contribution in [0.5, 0.6) is 11.5 Å². The summed E-state index contributed by atoms with van der Waals surface area (Å²) in [5.41, 5.74) is 8.10. The molecule has 0 bridgehead atoms. The molecular formula is C16H14ClF2NOS2. The summed E-state index contributed by atoms with van der Waals surface area (Å²) in [4.78, 5) is 0. The van der Waals surface area contributed by atoms with Crippen molar-refractivity contribution in [2.45, 2.75) is 11.5 Å². The first-order chi connectivity index (χ1) is 11.0. The Bertz CT molecular complexity index is 751. The fourth-order valence-electron chi connectivity index (χ4n) is 2.25. The van der Waals surface area contributed by atoms with Crippen molar-refractivity contribution in [1.82, 2.24) is 0 Å². The lowest BCUT2D eigenvalue weighted by Gasteiger charge is -2.19. The lowest BCUT2D eigenvalue weighted by Crippen LogP contribution is -2.01. The van der Waals surface area contributed by atoms with Crippen LogP contribution in [0.2, 0.25) is 5.02 Å². The van der Waals surface area contributed by atoms with Crippen molar-refractivity contribution >= 4 is 40.8 Å². The van der Waals surface area contributed by atoms with Crippen molar-refractivity contribution in [1.29, 1.82) is 0 Å². The predicted octanol–water partition coefficient (Wildman–Crippen LogP) is 5.78. The van der Waals surface area contributed by atoms with Gasteiger partial charge in [0.25, 0.3) is 0 Å². The zero-order valence-corrected chi connectivity index (χ0v) is 14.6. The largest absolute Gasteiger partial charge is 0.452 e. The van der Waals surface area contributed by atoms with Crippen LogP contribution in [0.15, 0.2) is 24.3 Å². The molecule has 23 heavy (non-hydrogen) atoms. The topological polar surface area (TPSA) is 35.2 Å². The average molecular weight is 374 g/mol.